The Morgan fingerprint density at radius 3 is 1.27 bits per heavy atom. The summed E-state index contributed by atoms with van der Waals surface area (Å²) in [7, 11) is 5.26. The number of rotatable bonds is 12. The van der Waals surface area contributed by atoms with Gasteiger partial charge in [-0.15, -0.1) is 0 Å². The zero-order valence-electron chi connectivity index (χ0n) is 49.4. The first kappa shape index (κ1) is 62.7. The number of benzene rings is 8. The monoisotopic (exact) mass is 1210 g/mol. The first-order chi connectivity index (χ1) is 42.8. The summed E-state index contributed by atoms with van der Waals surface area (Å²) in [5, 5.41) is 20.3. The number of aryl methyl sites for hydroxylation is 3. The summed E-state index contributed by atoms with van der Waals surface area (Å²) in [6.07, 6.45) is -4.53. The molecule has 0 N–H and O–H groups in total. The molecule has 0 bridgehead atoms. The number of aromatic nitrogens is 8. The largest absolute Gasteiger partial charge is 0.468 e. The molecule has 0 atom stereocenters. The molecule has 8 aromatic carbocycles. The van der Waals surface area contributed by atoms with Crippen molar-refractivity contribution in [1.29, 1.82) is 0 Å². The van der Waals surface area contributed by atoms with Gasteiger partial charge >= 0.3 is 30.1 Å². The van der Waals surface area contributed by atoms with E-state index in [-0.39, 0.29) is 60.4 Å². The molecule has 12 aromatic rings. The fourth-order valence-corrected chi connectivity index (χ4v) is 10.0. The summed E-state index contributed by atoms with van der Waals surface area (Å²) >= 11 is 0. The molecular formula is C68H59F5N8O8. The minimum atomic E-state index is -4.53. The fourth-order valence-electron chi connectivity index (χ4n) is 10.0. The molecule has 0 aliphatic rings. The van der Waals surface area contributed by atoms with Crippen LogP contribution in [0.2, 0.25) is 0 Å². The number of fused-ring (bicyclic) bond motifs is 4. The second-order valence-corrected chi connectivity index (χ2v) is 20.2. The van der Waals surface area contributed by atoms with Crippen molar-refractivity contribution in [2.75, 3.05) is 28.4 Å². The number of para-hydroxylation sites is 3. The van der Waals surface area contributed by atoms with Crippen LogP contribution in [0.15, 0.2) is 182 Å². The van der Waals surface area contributed by atoms with E-state index in [4.69, 9.17) is 9.47 Å². The van der Waals surface area contributed by atoms with Gasteiger partial charge in [-0.1, -0.05) is 145 Å². The molecule has 454 valence electrons. The van der Waals surface area contributed by atoms with E-state index in [1.807, 2.05) is 118 Å². The number of hydrogen-bond acceptors (Lipinski definition) is 12. The van der Waals surface area contributed by atoms with Crippen molar-refractivity contribution in [3.63, 3.8) is 0 Å². The number of halogens is 5. The maximum atomic E-state index is 14.3. The van der Waals surface area contributed by atoms with Crippen LogP contribution in [0.5, 0.6) is 0 Å². The highest BCUT2D eigenvalue weighted by atomic mass is 19.4. The fraction of sp³-hybridized carbons (Fsp3) is 0.176. The zero-order valence-corrected chi connectivity index (χ0v) is 49.4. The second-order valence-electron chi connectivity index (χ2n) is 20.2. The van der Waals surface area contributed by atoms with Crippen molar-refractivity contribution < 1.29 is 60.1 Å². The first-order valence-corrected chi connectivity index (χ1v) is 27.7. The molecule has 12 rings (SSSR count). The van der Waals surface area contributed by atoms with Gasteiger partial charge in [-0.05, 0) is 74.9 Å². The Hall–Kier alpha value is -10.8. The van der Waals surface area contributed by atoms with E-state index >= 15 is 0 Å². The lowest BCUT2D eigenvalue weighted by Crippen LogP contribution is -2.13. The van der Waals surface area contributed by atoms with Crippen molar-refractivity contribution in [3.05, 3.63) is 216 Å². The van der Waals surface area contributed by atoms with Gasteiger partial charge in [-0.25, -0.2) is 8.78 Å². The van der Waals surface area contributed by atoms with Gasteiger partial charge < -0.3 is 18.9 Å². The van der Waals surface area contributed by atoms with Gasteiger partial charge in [0.1, 0.15) is 60.6 Å². The number of carbonyl (C=O) groups is 4. The molecule has 0 saturated carbocycles. The topological polar surface area (TPSA) is 176 Å². The molecule has 0 saturated heterocycles. The molecular weight excluding hydrogens is 1150 g/mol. The molecule has 0 aliphatic heterocycles. The Bertz CT molecular complexity index is 4540. The number of methoxy groups -OCH3 is 4. The van der Waals surface area contributed by atoms with Gasteiger partial charge in [-0.3, -0.25) is 37.9 Å². The highest BCUT2D eigenvalue weighted by Gasteiger charge is 2.35. The molecule has 4 aromatic heterocycles. The van der Waals surface area contributed by atoms with E-state index in [0.29, 0.717) is 28.1 Å². The van der Waals surface area contributed by atoms with Crippen LogP contribution in [0.4, 0.5) is 22.0 Å². The summed E-state index contributed by atoms with van der Waals surface area (Å²) in [5.41, 5.74) is 9.39. The lowest BCUT2D eigenvalue weighted by Gasteiger charge is -2.09. The lowest BCUT2D eigenvalue weighted by atomic mass is 10.0. The van der Waals surface area contributed by atoms with Gasteiger partial charge in [0, 0.05) is 43.8 Å². The minimum absolute atomic E-state index is 0.00864. The number of hydrogen-bond donors (Lipinski definition) is 0. The normalized spacial score (nSPS) is 11.1. The number of ether oxygens (including phenoxy) is 4. The van der Waals surface area contributed by atoms with Gasteiger partial charge in [0.15, 0.2) is 0 Å². The average molecular weight is 1210 g/mol. The lowest BCUT2D eigenvalue weighted by molar-refractivity contribution is -0.142. The zero-order chi connectivity index (χ0) is 63.5. The molecule has 0 fully saturated rings. The number of alkyl halides is 3. The summed E-state index contributed by atoms with van der Waals surface area (Å²) in [6, 6.07) is 53.2. The Kier molecular flexibility index (Phi) is 19.5. The van der Waals surface area contributed by atoms with E-state index in [1.54, 1.807) is 64.0 Å². The number of nitrogens with zero attached hydrogens (tertiary/aromatic N) is 8. The van der Waals surface area contributed by atoms with Gasteiger partial charge in [0.05, 0.1) is 56.1 Å². The Morgan fingerprint density at radius 1 is 0.404 bits per heavy atom. The molecule has 89 heavy (non-hydrogen) atoms. The van der Waals surface area contributed by atoms with Crippen LogP contribution >= 0.6 is 0 Å². The third-order valence-electron chi connectivity index (χ3n) is 14.2. The van der Waals surface area contributed by atoms with Crippen LogP contribution < -0.4 is 0 Å². The predicted octanol–water partition coefficient (Wildman–Crippen LogP) is 13.7. The SMILES string of the molecule is COC(=O)Cn1nc(-c2cc(C)ccc2F)c2cccc(C)c21.COC(=O)Cn1nc(-c2cc(C)ccc2F)c2ccccc21.COC(=O)Cn1nc(-c2ccccc2)c2c(C(F)(F)F)cccc21.COC(=O)Cn1nc(-c2ccccc2)c2ccccc21. The molecule has 4 heterocycles. The average Bonchev–Trinajstić information content (AvgIpc) is 2.20. The van der Waals surface area contributed by atoms with E-state index in [2.05, 4.69) is 29.9 Å². The van der Waals surface area contributed by atoms with E-state index in [9.17, 15) is 41.1 Å². The van der Waals surface area contributed by atoms with Crippen molar-refractivity contribution in [1.82, 2.24) is 39.1 Å². The van der Waals surface area contributed by atoms with Crippen molar-refractivity contribution in [2.45, 2.75) is 53.1 Å². The molecule has 0 amide bonds. The molecule has 0 spiro atoms. The number of esters is 4. The predicted molar refractivity (Wildman–Crippen MR) is 328 cm³/mol. The van der Waals surface area contributed by atoms with Crippen molar-refractivity contribution in [3.8, 4) is 45.0 Å². The third kappa shape index (κ3) is 14.2. The van der Waals surface area contributed by atoms with Crippen LogP contribution in [0.25, 0.3) is 88.6 Å². The number of carbonyl (C=O) groups excluding carboxylic acids is 4. The standard InChI is InChI=1S/C18H17FN2O2.C17H13F3N2O2.C17H15FN2O2.C16H14N2O2/c1-11-7-8-15(19)14(9-11)17-13-6-4-5-12(2)18(13)21(20-17)10-16(22)23-3;1-24-14(23)10-22-13-9-5-8-12(17(18,19)20)15(13)16(21-22)11-6-3-2-4-7-11;1-11-7-8-14(18)13(9-11)17-12-5-3-4-6-15(12)20(19-17)10-16(21)22-2;1-20-15(19)11-18-14-10-6-5-9-13(14)16(17-18)12-7-3-2-4-8-12/h4-9H,10H2,1-3H3;2-9H,10H2,1H3;3-9H,10H2,1-2H3;2-10H,11H2,1H3. The highest BCUT2D eigenvalue weighted by Crippen LogP contribution is 2.40. The Morgan fingerprint density at radius 2 is 0.775 bits per heavy atom. The Balaban J connectivity index is 0.000000141. The van der Waals surface area contributed by atoms with Crippen LogP contribution in [0, 0.1) is 32.4 Å². The molecule has 0 unspecified atom stereocenters. The smallest absolute Gasteiger partial charge is 0.417 e. The van der Waals surface area contributed by atoms with Gasteiger partial charge in [0.2, 0.25) is 0 Å². The van der Waals surface area contributed by atoms with Crippen molar-refractivity contribution in [2.24, 2.45) is 0 Å². The Labute approximate surface area is 507 Å². The molecule has 16 nitrogen and oxygen atoms in total. The molecule has 0 aliphatic carbocycles. The third-order valence-corrected chi connectivity index (χ3v) is 14.2. The summed E-state index contributed by atoms with van der Waals surface area (Å²) < 4.78 is 93.5. The van der Waals surface area contributed by atoms with Crippen LogP contribution in [-0.4, -0.2) is 91.4 Å². The summed E-state index contributed by atoms with van der Waals surface area (Å²) in [5.74, 6) is -2.35. The summed E-state index contributed by atoms with van der Waals surface area (Å²) in [4.78, 5) is 46.2. The van der Waals surface area contributed by atoms with Crippen LogP contribution in [0.1, 0.15) is 22.3 Å². The first-order valence-electron chi connectivity index (χ1n) is 27.7. The second kappa shape index (κ2) is 27.7. The highest BCUT2D eigenvalue weighted by molar-refractivity contribution is 5.98. The summed E-state index contributed by atoms with van der Waals surface area (Å²) in [6.45, 7) is 5.58. The molecule has 0 radical (unpaired) electrons. The molecule has 21 heteroatoms. The van der Waals surface area contributed by atoms with E-state index in [1.165, 1.54) is 62.1 Å². The minimum Gasteiger partial charge on any atom is -0.468 e. The maximum Gasteiger partial charge on any atom is 0.417 e. The van der Waals surface area contributed by atoms with E-state index < -0.39 is 29.6 Å². The maximum absolute atomic E-state index is 14.3. The van der Waals surface area contributed by atoms with Gasteiger partial charge in [-0.2, -0.15) is 33.6 Å². The quantitative estimate of drug-likeness (QED) is 0.0643. The van der Waals surface area contributed by atoms with Gasteiger partial charge in [0.25, 0.3) is 0 Å². The van der Waals surface area contributed by atoms with Crippen LogP contribution in [0.3, 0.4) is 0 Å². The van der Waals surface area contributed by atoms with E-state index in [0.717, 1.165) is 66.7 Å². The van der Waals surface area contributed by atoms with Crippen LogP contribution in [-0.2, 0) is 70.5 Å². The van der Waals surface area contributed by atoms with Crippen molar-refractivity contribution >= 4 is 67.5 Å².